The summed E-state index contributed by atoms with van der Waals surface area (Å²) in [4.78, 5) is 13.8. The number of carbonyl (C=O) groups excluding carboxylic acids is 1. The van der Waals surface area contributed by atoms with Crippen LogP contribution in [0.15, 0.2) is 24.3 Å². The van der Waals surface area contributed by atoms with E-state index < -0.39 is 11.6 Å². The van der Waals surface area contributed by atoms with Gasteiger partial charge >= 0.3 is 0 Å². The van der Waals surface area contributed by atoms with Crippen molar-refractivity contribution in [3.8, 4) is 11.3 Å². The Morgan fingerprint density at radius 2 is 1.96 bits per heavy atom. The topological polar surface area (TPSA) is 46.1 Å². The Hall–Kier alpha value is -2.37. The lowest BCUT2D eigenvalue weighted by Gasteiger charge is -2.28. The molecule has 4 nitrogen and oxygen atoms in total. The van der Waals surface area contributed by atoms with Gasteiger partial charge in [-0.05, 0) is 60.8 Å². The summed E-state index contributed by atoms with van der Waals surface area (Å²) < 4.78 is 28.4. The molecule has 0 N–H and O–H groups in total. The Balaban J connectivity index is 1.58. The van der Waals surface area contributed by atoms with Crippen LogP contribution in [0.25, 0.3) is 11.3 Å². The van der Waals surface area contributed by atoms with Crippen LogP contribution in [-0.2, 0) is 11.2 Å². The van der Waals surface area contributed by atoms with Crippen LogP contribution in [0.5, 0.6) is 0 Å². The van der Waals surface area contributed by atoms with Crippen molar-refractivity contribution >= 4 is 5.91 Å². The van der Waals surface area contributed by atoms with Crippen LogP contribution in [0, 0.1) is 17.0 Å². The number of rotatable bonds is 5. The molecule has 1 saturated heterocycles. The number of aromatic nitrogens is 2. The molecule has 2 heterocycles. The van der Waals surface area contributed by atoms with E-state index in [2.05, 4.69) is 24.0 Å². The fraction of sp³-hybridized carbons (Fsp3) is 0.500. The maximum absolute atomic E-state index is 14.2. The molecule has 6 heteroatoms. The third-order valence-corrected chi connectivity index (χ3v) is 6.16. The van der Waals surface area contributed by atoms with Gasteiger partial charge in [-0.1, -0.05) is 19.9 Å². The second-order valence-electron chi connectivity index (χ2n) is 8.57. The largest absolute Gasteiger partial charge is 0.343 e. The van der Waals surface area contributed by atoms with Gasteiger partial charge in [0.2, 0.25) is 5.91 Å². The molecule has 1 aliphatic carbocycles. The fourth-order valence-electron chi connectivity index (χ4n) is 4.68. The minimum atomic E-state index is -0.629. The number of halogens is 2. The average Bonchev–Trinajstić information content (AvgIpc) is 3.15. The van der Waals surface area contributed by atoms with Crippen molar-refractivity contribution in [2.75, 3.05) is 13.1 Å². The zero-order valence-electron chi connectivity index (χ0n) is 16.3. The molecule has 148 valence electrons. The smallest absolute Gasteiger partial charge is 0.222 e. The van der Waals surface area contributed by atoms with Crippen molar-refractivity contribution in [2.24, 2.45) is 5.41 Å². The van der Waals surface area contributed by atoms with Gasteiger partial charge in [0.15, 0.2) is 0 Å². The van der Waals surface area contributed by atoms with Crippen molar-refractivity contribution in [1.82, 2.24) is 15.1 Å². The van der Waals surface area contributed by atoms with Crippen LogP contribution in [-0.4, -0.2) is 34.1 Å². The van der Waals surface area contributed by atoms with Crippen molar-refractivity contribution < 1.29 is 13.6 Å². The molecule has 2 aliphatic rings. The maximum atomic E-state index is 14.2. The molecule has 0 bridgehead atoms. The molecule has 1 aromatic carbocycles. The SMILES string of the molecule is CC1(C)Cc2nnc(-c3c(F)cccc3F)cc2[C@H]1CCCN1CCCC1=O. The van der Waals surface area contributed by atoms with Crippen molar-refractivity contribution in [3.63, 3.8) is 0 Å². The highest BCUT2D eigenvalue weighted by Gasteiger charge is 2.40. The maximum Gasteiger partial charge on any atom is 0.222 e. The van der Waals surface area contributed by atoms with E-state index in [9.17, 15) is 13.6 Å². The molecular weight excluding hydrogens is 360 g/mol. The molecular formula is C22H25F2N3O. The van der Waals surface area contributed by atoms with E-state index in [0.29, 0.717) is 6.42 Å². The summed E-state index contributed by atoms with van der Waals surface area (Å²) in [6, 6.07) is 5.63. The van der Waals surface area contributed by atoms with E-state index in [-0.39, 0.29) is 28.5 Å². The van der Waals surface area contributed by atoms with E-state index in [0.717, 1.165) is 50.0 Å². The Morgan fingerprint density at radius 3 is 2.64 bits per heavy atom. The molecule has 28 heavy (non-hydrogen) atoms. The molecule has 1 fully saturated rings. The van der Waals surface area contributed by atoms with Gasteiger partial charge < -0.3 is 4.90 Å². The molecule has 1 amide bonds. The number of benzene rings is 1. The first-order valence-corrected chi connectivity index (χ1v) is 9.95. The predicted octanol–water partition coefficient (Wildman–Crippen LogP) is 4.49. The molecule has 1 aliphatic heterocycles. The van der Waals surface area contributed by atoms with Crippen LogP contribution in [0.1, 0.15) is 56.7 Å². The number of likely N-dealkylation sites (tertiary alicyclic amines) is 1. The third kappa shape index (κ3) is 3.40. The highest BCUT2D eigenvalue weighted by molar-refractivity contribution is 5.78. The van der Waals surface area contributed by atoms with Crippen LogP contribution in [0.4, 0.5) is 8.78 Å². The minimum Gasteiger partial charge on any atom is -0.343 e. The molecule has 4 rings (SSSR count). The lowest BCUT2D eigenvalue weighted by Crippen LogP contribution is -2.26. The van der Waals surface area contributed by atoms with Crippen LogP contribution >= 0.6 is 0 Å². The molecule has 0 saturated carbocycles. The highest BCUT2D eigenvalue weighted by atomic mass is 19.1. The normalized spacial score (nSPS) is 20.6. The van der Waals surface area contributed by atoms with Crippen molar-refractivity contribution in [1.29, 1.82) is 0 Å². The van der Waals surface area contributed by atoms with E-state index in [1.165, 1.54) is 18.2 Å². The first-order chi connectivity index (χ1) is 13.4. The van der Waals surface area contributed by atoms with Gasteiger partial charge in [0.05, 0.1) is 17.0 Å². The summed E-state index contributed by atoms with van der Waals surface area (Å²) in [6.07, 6.45) is 4.22. The first-order valence-electron chi connectivity index (χ1n) is 9.95. The molecule has 2 aromatic rings. The minimum absolute atomic E-state index is 0.00156. The van der Waals surface area contributed by atoms with E-state index in [1.54, 1.807) is 0 Å². The zero-order chi connectivity index (χ0) is 19.9. The number of carbonyl (C=O) groups is 1. The molecule has 0 radical (unpaired) electrons. The Bertz CT molecular complexity index is 892. The summed E-state index contributed by atoms with van der Waals surface area (Å²) in [5, 5.41) is 8.43. The summed E-state index contributed by atoms with van der Waals surface area (Å²) >= 11 is 0. The second-order valence-corrected chi connectivity index (χ2v) is 8.57. The van der Waals surface area contributed by atoms with Crippen molar-refractivity contribution in [3.05, 3.63) is 47.2 Å². The fourth-order valence-corrected chi connectivity index (χ4v) is 4.68. The average molecular weight is 385 g/mol. The molecule has 0 spiro atoms. The monoisotopic (exact) mass is 385 g/mol. The van der Waals surface area contributed by atoms with E-state index >= 15 is 0 Å². The van der Waals surface area contributed by atoms with Crippen LogP contribution in [0.3, 0.4) is 0 Å². The van der Waals surface area contributed by atoms with Gasteiger partial charge in [-0.25, -0.2) is 8.78 Å². The second kappa shape index (κ2) is 7.22. The van der Waals surface area contributed by atoms with Crippen LogP contribution in [0.2, 0.25) is 0 Å². The number of fused-ring (bicyclic) bond motifs is 1. The Kier molecular flexibility index (Phi) is 4.89. The molecule has 1 aromatic heterocycles. The van der Waals surface area contributed by atoms with Gasteiger partial charge in [0.1, 0.15) is 11.6 Å². The standard InChI is InChI=1S/C22H25F2N3O/c1-22(2)13-19-14(15(22)6-4-10-27-11-5-9-20(27)28)12-18(25-26-19)21-16(23)7-3-8-17(21)24/h3,7-8,12,15H,4-6,9-11,13H2,1-2H3/t15-/m1/s1. The Morgan fingerprint density at radius 1 is 1.21 bits per heavy atom. The summed E-state index contributed by atoms with van der Waals surface area (Å²) in [7, 11) is 0. The van der Waals surface area contributed by atoms with Gasteiger partial charge in [0, 0.05) is 19.5 Å². The first kappa shape index (κ1) is 19.0. The van der Waals surface area contributed by atoms with Crippen molar-refractivity contribution in [2.45, 2.75) is 51.9 Å². The quantitative estimate of drug-likeness (QED) is 0.762. The van der Waals surface area contributed by atoms with Gasteiger partial charge in [-0.2, -0.15) is 10.2 Å². The number of amides is 1. The number of hydrogen-bond donors (Lipinski definition) is 0. The lowest BCUT2D eigenvalue weighted by atomic mass is 9.77. The van der Waals surface area contributed by atoms with E-state index in [1.807, 2.05) is 11.0 Å². The lowest BCUT2D eigenvalue weighted by molar-refractivity contribution is -0.127. The Labute approximate surface area is 164 Å². The van der Waals surface area contributed by atoms with Gasteiger partial charge in [0.25, 0.3) is 0 Å². The predicted molar refractivity (Wildman–Crippen MR) is 103 cm³/mol. The summed E-state index contributed by atoms with van der Waals surface area (Å²) in [5.74, 6) is -0.787. The van der Waals surface area contributed by atoms with Gasteiger partial charge in [-0.15, -0.1) is 0 Å². The number of nitrogens with zero attached hydrogens (tertiary/aromatic N) is 3. The highest BCUT2D eigenvalue weighted by Crippen LogP contribution is 2.49. The summed E-state index contributed by atoms with van der Waals surface area (Å²) in [6.45, 7) is 6.02. The zero-order valence-corrected chi connectivity index (χ0v) is 16.3. The van der Waals surface area contributed by atoms with E-state index in [4.69, 9.17) is 0 Å². The molecule has 0 unspecified atom stereocenters. The molecule has 1 atom stereocenters. The van der Waals surface area contributed by atoms with Crippen LogP contribution < -0.4 is 0 Å². The number of hydrogen-bond acceptors (Lipinski definition) is 3. The van der Waals surface area contributed by atoms with Gasteiger partial charge in [-0.3, -0.25) is 4.79 Å². The summed E-state index contributed by atoms with van der Waals surface area (Å²) in [5.41, 5.74) is 2.06. The third-order valence-electron chi connectivity index (χ3n) is 6.16.